The van der Waals surface area contributed by atoms with Crippen molar-refractivity contribution in [2.45, 2.75) is 32.9 Å². The molecule has 0 aliphatic heterocycles. The predicted molar refractivity (Wildman–Crippen MR) is 150 cm³/mol. The van der Waals surface area contributed by atoms with Crippen LogP contribution in [-0.4, -0.2) is 38.8 Å². The Morgan fingerprint density at radius 2 is 1.59 bits per heavy atom. The molecule has 2 aromatic carbocycles. The van der Waals surface area contributed by atoms with E-state index in [1.54, 1.807) is 30.8 Å². The molecule has 0 aliphatic rings. The molecular weight excluding hydrogens is 537 g/mol. The highest BCUT2D eigenvalue weighted by atomic mass is 19.4. The van der Waals surface area contributed by atoms with E-state index in [1.165, 1.54) is 12.1 Å². The third kappa shape index (κ3) is 8.08. The fourth-order valence-corrected chi connectivity index (χ4v) is 3.78. The van der Waals surface area contributed by atoms with Crippen LogP contribution in [0.25, 0.3) is 28.1 Å². The lowest BCUT2D eigenvalue weighted by molar-refractivity contribution is -0.137. The van der Waals surface area contributed by atoms with Gasteiger partial charge in [-0.05, 0) is 55.3 Å². The van der Waals surface area contributed by atoms with Gasteiger partial charge in [0.1, 0.15) is 5.70 Å². The molecule has 12 heteroatoms. The molecule has 3 rings (SSSR count). The van der Waals surface area contributed by atoms with Gasteiger partial charge >= 0.3 is 12.1 Å². The van der Waals surface area contributed by atoms with Gasteiger partial charge in [0.15, 0.2) is 0 Å². The third-order valence-electron chi connectivity index (χ3n) is 6.21. The molecule has 0 aliphatic carbocycles. The molecule has 0 atom stereocenters. The molecule has 41 heavy (non-hydrogen) atoms. The maximum absolute atomic E-state index is 12.9. The maximum Gasteiger partial charge on any atom is 0.416 e. The zero-order chi connectivity index (χ0) is 30.3. The number of benzene rings is 2. The van der Waals surface area contributed by atoms with Gasteiger partial charge in [-0.1, -0.05) is 36.4 Å². The molecule has 0 saturated heterocycles. The zero-order valence-corrected chi connectivity index (χ0v) is 22.7. The Bertz CT molecular complexity index is 1490. The Labute approximate surface area is 235 Å². The van der Waals surface area contributed by atoms with Gasteiger partial charge in [-0.25, -0.2) is 15.3 Å². The number of hydrogen-bond acceptors (Lipinski definition) is 6. The Hall–Kier alpha value is -4.84. The molecule has 0 bridgehead atoms. The summed E-state index contributed by atoms with van der Waals surface area (Å²) in [4.78, 5) is 22.8. The summed E-state index contributed by atoms with van der Waals surface area (Å²) in [5, 5.41) is 17.3. The number of carbonyl (C=O) groups excluding carboxylic acids is 1. The quantitative estimate of drug-likeness (QED) is 0.120. The van der Waals surface area contributed by atoms with Crippen LogP contribution in [0.4, 0.5) is 13.2 Å². The number of hydrogen-bond donors (Lipinski definition) is 4. The molecule has 0 saturated carbocycles. The van der Waals surface area contributed by atoms with Crippen molar-refractivity contribution >= 4 is 17.6 Å². The van der Waals surface area contributed by atoms with Gasteiger partial charge in [0, 0.05) is 36.8 Å². The molecule has 1 amide bonds. The van der Waals surface area contributed by atoms with Crippen molar-refractivity contribution in [3.8, 4) is 22.4 Å². The van der Waals surface area contributed by atoms with Crippen LogP contribution >= 0.6 is 0 Å². The van der Waals surface area contributed by atoms with Crippen LogP contribution in [0, 0.1) is 0 Å². The van der Waals surface area contributed by atoms with E-state index in [4.69, 9.17) is 16.7 Å². The number of carboxylic acid groups (broad SMARTS) is 1. The largest absolute Gasteiger partial charge is 0.477 e. The molecule has 0 radical (unpaired) electrons. The number of carbonyl (C=O) groups is 2. The van der Waals surface area contributed by atoms with Gasteiger partial charge in [-0.15, -0.1) is 0 Å². The first-order valence-corrected chi connectivity index (χ1v) is 12.5. The minimum Gasteiger partial charge on any atom is -0.477 e. The minimum atomic E-state index is -4.40. The normalized spacial score (nSPS) is 12.8. The van der Waals surface area contributed by atoms with Crippen molar-refractivity contribution in [1.29, 1.82) is 0 Å². The molecule has 216 valence electrons. The fraction of sp³-hybridized carbons (Fsp3) is 0.207. The molecule has 0 fully saturated rings. The number of amides is 1. The number of aromatic nitrogens is 2. The Morgan fingerprint density at radius 1 is 1.02 bits per heavy atom. The molecule has 0 spiro atoms. The minimum absolute atomic E-state index is 0.121. The molecule has 1 heterocycles. The summed E-state index contributed by atoms with van der Waals surface area (Å²) in [6, 6.07) is 14.2. The number of allylic oxidation sites excluding steroid dienone is 4. The summed E-state index contributed by atoms with van der Waals surface area (Å²) in [5.41, 5.74) is 9.10. The van der Waals surface area contributed by atoms with Crippen LogP contribution < -0.4 is 16.9 Å². The van der Waals surface area contributed by atoms with E-state index in [9.17, 15) is 22.8 Å². The number of nitrogens with two attached hydrogens (primary N) is 2. The Kier molecular flexibility index (Phi) is 9.74. The lowest BCUT2D eigenvalue weighted by atomic mass is 10.0. The van der Waals surface area contributed by atoms with E-state index < -0.39 is 23.4 Å². The number of halogens is 3. The summed E-state index contributed by atoms with van der Waals surface area (Å²) in [6.45, 7) is 3.50. The molecule has 0 unspecified atom stereocenters. The van der Waals surface area contributed by atoms with Gasteiger partial charge < -0.3 is 16.2 Å². The second-order valence-corrected chi connectivity index (χ2v) is 9.17. The first-order chi connectivity index (χ1) is 19.3. The predicted octanol–water partition coefficient (Wildman–Crippen LogP) is 4.74. The van der Waals surface area contributed by atoms with Gasteiger partial charge in [0.25, 0.3) is 0 Å². The van der Waals surface area contributed by atoms with Crippen LogP contribution in [0.3, 0.4) is 0 Å². The number of alkyl halides is 3. The number of aliphatic carboxylic acids is 1. The van der Waals surface area contributed by atoms with Crippen molar-refractivity contribution in [3.05, 3.63) is 95.6 Å². The number of nitrogens with zero attached hydrogens (tertiary/aromatic N) is 3. The second-order valence-electron chi connectivity index (χ2n) is 9.17. The topological polar surface area (TPSA) is 140 Å². The van der Waals surface area contributed by atoms with E-state index in [0.717, 1.165) is 40.2 Å². The number of carboxylic acids is 1. The van der Waals surface area contributed by atoms with Crippen molar-refractivity contribution < 1.29 is 27.9 Å². The number of nitrogens with one attached hydrogen (secondary N) is 1. The molecule has 6 N–H and O–H groups in total. The second kappa shape index (κ2) is 13.0. The average molecular weight is 569 g/mol. The molecular formula is C29H31F3N6O3. The maximum atomic E-state index is 12.9. The summed E-state index contributed by atoms with van der Waals surface area (Å²) in [5.74, 6) is 4.46. The van der Waals surface area contributed by atoms with E-state index >= 15 is 0 Å². The molecule has 1 aromatic heterocycles. The average Bonchev–Trinajstić information content (AvgIpc) is 3.38. The number of hydrazine groups is 1. The van der Waals surface area contributed by atoms with Crippen LogP contribution in [0.15, 0.2) is 84.3 Å². The van der Waals surface area contributed by atoms with E-state index in [1.807, 2.05) is 37.3 Å². The van der Waals surface area contributed by atoms with Gasteiger partial charge in [0.05, 0.1) is 23.2 Å². The highest BCUT2D eigenvalue weighted by Gasteiger charge is 2.30. The van der Waals surface area contributed by atoms with E-state index in [-0.39, 0.29) is 12.3 Å². The summed E-state index contributed by atoms with van der Waals surface area (Å²) in [6.07, 6.45) is 0.758. The number of rotatable bonds is 10. The SMILES string of the molecule is CNC(=O)CCc1cc(-c2ccc(-c3ccc(C(F)(F)F)cc3)cc2)n(/C(C)=C/C=C(\C)N(N)/C=C(\N)C(=O)O)n1. The monoisotopic (exact) mass is 568 g/mol. The smallest absolute Gasteiger partial charge is 0.416 e. The standard InChI is InChI=1S/C29H31F3N6O3/c1-18(37(34)17-25(33)28(40)41)4-5-19(2)38-26(16-24(36-38)14-15-27(39)35-3)22-8-6-20(7-9-22)21-10-12-23(13-11-21)29(30,31)32/h4-13,16-17H,14-15,33-34H2,1-3H3,(H,35,39)(H,40,41)/b18-4+,19-5+,25-17-. The van der Waals surface area contributed by atoms with Crippen molar-refractivity contribution in [1.82, 2.24) is 20.1 Å². The first kappa shape index (κ1) is 30.7. The Balaban J connectivity index is 1.95. The van der Waals surface area contributed by atoms with Gasteiger partial charge in [-0.3, -0.25) is 9.80 Å². The van der Waals surface area contributed by atoms with Gasteiger partial charge in [-0.2, -0.15) is 18.3 Å². The summed E-state index contributed by atoms with van der Waals surface area (Å²) < 4.78 is 40.5. The number of aryl methyl sites for hydroxylation is 1. The van der Waals surface area contributed by atoms with Crippen LogP contribution in [0.5, 0.6) is 0 Å². The van der Waals surface area contributed by atoms with E-state index in [2.05, 4.69) is 10.4 Å². The van der Waals surface area contributed by atoms with Crippen LogP contribution in [-0.2, 0) is 22.2 Å². The fourth-order valence-electron chi connectivity index (χ4n) is 3.78. The highest BCUT2D eigenvalue weighted by molar-refractivity contribution is 5.85. The summed E-state index contributed by atoms with van der Waals surface area (Å²) >= 11 is 0. The van der Waals surface area contributed by atoms with Crippen LogP contribution in [0.1, 0.15) is 31.5 Å². The Morgan fingerprint density at radius 3 is 2.12 bits per heavy atom. The van der Waals surface area contributed by atoms with E-state index in [0.29, 0.717) is 29.1 Å². The van der Waals surface area contributed by atoms with Gasteiger partial charge in [0.2, 0.25) is 5.91 Å². The molecule has 9 nitrogen and oxygen atoms in total. The summed E-state index contributed by atoms with van der Waals surface area (Å²) in [7, 11) is 1.56. The van der Waals surface area contributed by atoms with Crippen molar-refractivity contribution in [2.24, 2.45) is 11.6 Å². The van der Waals surface area contributed by atoms with Crippen molar-refractivity contribution in [3.63, 3.8) is 0 Å². The van der Waals surface area contributed by atoms with Crippen molar-refractivity contribution in [2.75, 3.05) is 7.05 Å². The zero-order valence-electron chi connectivity index (χ0n) is 22.7. The van der Waals surface area contributed by atoms with Crippen LogP contribution in [0.2, 0.25) is 0 Å². The lowest BCUT2D eigenvalue weighted by Crippen LogP contribution is -2.26. The lowest BCUT2D eigenvalue weighted by Gasteiger charge is -2.14. The molecule has 3 aromatic rings. The first-order valence-electron chi connectivity index (χ1n) is 12.5. The third-order valence-corrected chi connectivity index (χ3v) is 6.21. The highest BCUT2D eigenvalue weighted by Crippen LogP contribution is 2.32.